The zero-order chi connectivity index (χ0) is 24.3. The van der Waals surface area contributed by atoms with Gasteiger partial charge in [-0.2, -0.15) is 0 Å². The van der Waals surface area contributed by atoms with E-state index in [9.17, 15) is 29.2 Å². The average molecular weight is 457 g/mol. The second-order valence-corrected chi connectivity index (χ2v) is 7.85. The van der Waals surface area contributed by atoms with E-state index >= 15 is 0 Å². The predicted octanol–water partition coefficient (Wildman–Crippen LogP) is 3.12. The first-order valence-electron chi connectivity index (χ1n) is 10.2. The molecule has 1 N–H and O–H groups in total. The third-order valence-electron chi connectivity index (χ3n) is 5.39. The quantitative estimate of drug-likeness (QED) is 0.213. The summed E-state index contributed by atoms with van der Waals surface area (Å²) in [5.41, 5.74) is 0.0653. The highest BCUT2D eigenvalue weighted by atomic mass is 19.1. The van der Waals surface area contributed by atoms with Gasteiger partial charge < -0.3 is 19.6 Å². The molecule has 174 valence electrons. The molecule has 0 aromatic heterocycles. The summed E-state index contributed by atoms with van der Waals surface area (Å²) in [4.78, 5) is 39.6. The van der Waals surface area contributed by atoms with Crippen LogP contribution in [0.25, 0.3) is 5.76 Å². The molecule has 0 unspecified atom stereocenters. The molecule has 1 amide bonds. The van der Waals surface area contributed by atoms with Crippen molar-refractivity contribution in [3.05, 3.63) is 75.1 Å². The molecule has 1 fully saturated rings. The fraction of sp³-hybridized carbons (Fsp3) is 0.304. The first kappa shape index (κ1) is 23.9. The van der Waals surface area contributed by atoms with E-state index in [1.165, 1.54) is 48.4 Å². The van der Waals surface area contributed by atoms with Crippen LogP contribution >= 0.6 is 0 Å². The van der Waals surface area contributed by atoms with Crippen molar-refractivity contribution in [2.75, 3.05) is 34.3 Å². The summed E-state index contributed by atoms with van der Waals surface area (Å²) >= 11 is 0. The van der Waals surface area contributed by atoms with Gasteiger partial charge in [-0.25, -0.2) is 4.39 Å². The number of hydrogen-bond donors (Lipinski definition) is 1. The minimum atomic E-state index is -0.974. The minimum absolute atomic E-state index is 0.00602. The molecular weight excluding hydrogens is 433 g/mol. The highest BCUT2D eigenvalue weighted by Crippen LogP contribution is 2.40. The molecule has 1 heterocycles. The van der Waals surface area contributed by atoms with Gasteiger partial charge in [0.25, 0.3) is 17.4 Å². The summed E-state index contributed by atoms with van der Waals surface area (Å²) in [6.07, 6.45) is 0.556. The fourth-order valence-corrected chi connectivity index (χ4v) is 3.76. The molecule has 1 atom stereocenters. The number of ether oxygens (including phenoxy) is 1. The highest BCUT2D eigenvalue weighted by molar-refractivity contribution is 6.46. The Morgan fingerprint density at radius 3 is 2.42 bits per heavy atom. The summed E-state index contributed by atoms with van der Waals surface area (Å²) in [6.45, 7) is 0.873. The largest absolute Gasteiger partial charge is 0.507 e. The van der Waals surface area contributed by atoms with Crippen molar-refractivity contribution in [3.8, 4) is 5.75 Å². The fourth-order valence-electron chi connectivity index (χ4n) is 3.76. The highest BCUT2D eigenvalue weighted by Gasteiger charge is 2.45. The van der Waals surface area contributed by atoms with Crippen molar-refractivity contribution in [3.63, 3.8) is 0 Å². The van der Waals surface area contributed by atoms with Crippen LogP contribution in [0.5, 0.6) is 5.75 Å². The number of nitro benzene ring substituents is 1. The van der Waals surface area contributed by atoms with Crippen LogP contribution < -0.4 is 4.74 Å². The molecule has 1 aliphatic rings. The van der Waals surface area contributed by atoms with E-state index in [2.05, 4.69) is 0 Å². The molecule has 1 aliphatic heterocycles. The molecule has 10 heteroatoms. The third kappa shape index (κ3) is 4.85. The Bertz CT molecular complexity index is 1110. The van der Waals surface area contributed by atoms with Crippen LogP contribution in [0.1, 0.15) is 23.6 Å². The molecule has 0 radical (unpaired) electrons. The zero-order valence-corrected chi connectivity index (χ0v) is 18.4. The lowest BCUT2D eigenvalue weighted by Gasteiger charge is -2.26. The van der Waals surface area contributed by atoms with Crippen LogP contribution in [-0.4, -0.2) is 65.8 Å². The van der Waals surface area contributed by atoms with E-state index in [0.29, 0.717) is 18.5 Å². The number of methoxy groups -OCH3 is 1. The number of ketones is 1. The molecule has 0 saturated carbocycles. The average Bonchev–Trinajstić information content (AvgIpc) is 3.03. The zero-order valence-electron chi connectivity index (χ0n) is 18.4. The van der Waals surface area contributed by atoms with Crippen molar-refractivity contribution in [2.45, 2.75) is 12.5 Å². The molecule has 1 saturated heterocycles. The minimum Gasteiger partial charge on any atom is -0.507 e. The Morgan fingerprint density at radius 1 is 1.21 bits per heavy atom. The Morgan fingerprint density at radius 2 is 1.88 bits per heavy atom. The first-order valence-corrected chi connectivity index (χ1v) is 10.2. The van der Waals surface area contributed by atoms with E-state index in [1.807, 2.05) is 19.0 Å². The number of hydrogen-bond acceptors (Lipinski definition) is 7. The SMILES string of the molecule is COc1ccc(C(O)=C2C(=O)C(=O)N(CCCN(C)C)[C@H]2c2ccc([N+](=O)[O-])cc2)cc1F. The Balaban J connectivity index is 2.11. The monoisotopic (exact) mass is 457 g/mol. The van der Waals surface area contributed by atoms with E-state index in [0.717, 1.165) is 6.07 Å². The maximum atomic E-state index is 14.2. The van der Waals surface area contributed by atoms with Gasteiger partial charge in [-0.1, -0.05) is 0 Å². The summed E-state index contributed by atoms with van der Waals surface area (Å²) < 4.78 is 19.1. The van der Waals surface area contributed by atoms with Crippen molar-refractivity contribution in [1.29, 1.82) is 0 Å². The molecule has 33 heavy (non-hydrogen) atoms. The number of nitrogens with zero attached hydrogens (tertiary/aromatic N) is 3. The van der Waals surface area contributed by atoms with Crippen molar-refractivity contribution < 1.29 is 28.7 Å². The van der Waals surface area contributed by atoms with Crippen LogP contribution in [0.4, 0.5) is 10.1 Å². The smallest absolute Gasteiger partial charge is 0.295 e. The number of benzene rings is 2. The van der Waals surface area contributed by atoms with Gasteiger partial charge in [0, 0.05) is 24.2 Å². The van der Waals surface area contributed by atoms with Gasteiger partial charge in [0.15, 0.2) is 11.6 Å². The second kappa shape index (κ2) is 9.78. The number of non-ortho nitro benzene ring substituents is 1. The lowest BCUT2D eigenvalue weighted by atomic mass is 9.95. The van der Waals surface area contributed by atoms with Crippen LogP contribution in [0.15, 0.2) is 48.0 Å². The van der Waals surface area contributed by atoms with Gasteiger partial charge in [-0.3, -0.25) is 19.7 Å². The maximum Gasteiger partial charge on any atom is 0.295 e. The Hall–Kier alpha value is -3.79. The predicted molar refractivity (Wildman–Crippen MR) is 118 cm³/mol. The lowest BCUT2D eigenvalue weighted by Crippen LogP contribution is -2.32. The standard InChI is InChI=1S/C23H24FN3O6/c1-25(2)11-4-12-26-20(14-5-8-16(9-6-14)27(31)32)19(22(29)23(26)30)21(28)15-7-10-18(33-3)17(24)13-15/h5-10,13,20,28H,4,11-12H2,1-3H3/t20-/m0/s1. The van der Waals surface area contributed by atoms with E-state index < -0.39 is 34.2 Å². The number of Topliss-reactive ketones (excluding diaryl/α,β-unsaturated/α-hetero) is 1. The number of carbonyl (C=O) groups excluding carboxylic acids is 2. The number of aliphatic hydroxyl groups excluding tert-OH is 1. The van der Waals surface area contributed by atoms with Gasteiger partial charge >= 0.3 is 0 Å². The van der Waals surface area contributed by atoms with Gasteiger partial charge in [0.1, 0.15) is 5.76 Å². The van der Waals surface area contributed by atoms with Crippen LogP contribution in [0.3, 0.4) is 0 Å². The molecule has 9 nitrogen and oxygen atoms in total. The van der Waals surface area contributed by atoms with Crippen molar-refractivity contribution in [1.82, 2.24) is 9.80 Å². The second-order valence-electron chi connectivity index (χ2n) is 7.85. The van der Waals surface area contributed by atoms with Crippen molar-refractivity contribution >= 4 is 23.1 Å². The molecule has 3 rings (SSSR count). The molecule has 0 spiro atoms. The number of nitro groups is 1. The van der Waals surface area contributed by atoms with E-state index in [-0.39, 0.29) is 29.1 Å². The Kier molecular flexibility index (Phi) is 7.07. The van der Waals surface area contributed by atoms with Crippen LogP contribution in [-0.2, 0) is 9.59 Å². The first-order chi connectivity index (χ1) is 15.6. The van der Waals surface area contributed by atoms with Crippen LogP contribution in [0, 0.1) is 15.9 Å². The summed E-state index contributed by atoms with van der Waals surface area (Å²) in [5, 5.41) is 22.0. The molecule has 0 bridgehead atoms. The topological polar surface area (TPSA) is 113 Å². The van der Waals surface area contributed by atoms with E-state index in [1.54, 1.807) is 0 Å². The van der Waals surface area contributed by atoms with E-state index in [4.69, 9.17) is 4.74 Å². The summed E-state index contributed by atoms with van der Waals surface area (Å²) in [7, 11) is 5.05. The number of likely N-dealkylation sites (tertiary alicyclic amines) is 1. The van der Waals surface area contributed by atoms with Crippen molar-refractivity contribution in [2.24, 2.45) is 0 Å². The summed E-state index contributed by atoms with van der Waals surface area (Å²) in [5.74, 6) is -3.02. The molecule has 2 aromatic rings. The van der Waals surface area contributed by atoms with Gasteiger partial charge in [0.2, 0.25) is 0 Å². The Labute approximate surface area is 189 Å². The van der Waals surface area contributed by atoms with Gasteiger partial charge in [-0.15, -0.1) is 0 Å². The summed E-state index contributed by atoms with van der Waals surface area (Å²) in [6, 6.07) is 8.14. The maximum absolute atomic E-state index is 14.2. The molecule has 2 aromatic carbocycles. The normalized spacial score (nSPS) is 17.6. The van der Waals surface area contributed by atoms with Crippen LogP contribution in [0.2, 0.25) is 0 Å². The number of amides is 1. The number of halogens is 1. The molecular formula is C23H24FN3O6. The molecule has 0 aliphatic carbocycles. The number of carbonyl (C=O) groups is 2. The lowest BCUT2D eigenvalue weighted by molar-refractivity contribution is -0.384. The van der Waals surface area contributed by atoms with Gasteiger partial charge in [-0.05, 0) is 63.0 Å². The number of rotatable bonds is 8. The van der Waals surface area contributed by atoms with Gasteiger partial charge in [0.05, 0.1) is 23.6 Å². The third-order valence-corrected chi connectivity index (χ3v) is 5.39. The number of aliphatic hydroxyl groups is 1.